The van der Waals surface area contributed by atoms with Gasteiger partial charge in [0.1, 0.15) is 11.4 Å². The Balaban J connectivity index is 2.39. The molecule has 0 aliphatic carbocycles. The van der Waals surface area contributed by atoms with Crippen molar-refractivity contribution < 1.29 is 4.74 Å². The predicted molar refractivity (Wildman–Crippen MR) is 62.7 cm³/mol. The summed E-state index contributed by atoms with van der Waals surface area (Å²) in [6.45, 7) is 4.31. The normalized spacial score (nSPS) is 24.7. The van der Waals surface area contributed by atoms with Gasteiger partial charge in [-0.15, -0.1) is 0 Å². The van der Waals surface area contributed by atoms with Crippen LogP contribution in [0.5, 0.6) is 5.75 Å². The van der Waals surface area contributed by atoms with Crippen LogP contribution in [0.3, 0.4) is 0 Å². The van der Waals surface area contributed by atoms with Crippen LogP contribution in [0, 0.1) is 0 Å². The molecule has 0 saturated carbocycles. The van der Waals surface area contributed by atoms with Crippen molar-refractivity contribution in [1.82, 2.24) is 0 Å². The summed E-state index contributed by atoms with van der Waals surface area (Å²) >= 11 is 2.47. The SMILES string of the molecule is CC1(C)Oc2ccccc2CC1I. The highest BCUT2D eigenvalue weighted by Gasteiger charge is 2.34. The standard InChI is InChI=1S/C11H13IO/c1-11(2)10(12)7-8-5-3-4-6-9(8)13-11/h3-6,10H,7H2,1-2H3. The summed E-state index contributed by atoms with van der Waals surface area (Å²) in [6, 6.07) is 8.31. The van der Waals surface area contributed by atoms with E-state index in [0.717, 1.165) is 12.2 Å². The first-order valence-corrected chi connectivity index (χ1v) is 5.75. The summed E-state index contributed by atoms with van der Waals surface area (Å²) in [4.78, 5) is 0. The first kappa shape index (κ1) is 9.31. The van der Waals surface area contributed by atoms with Crippen LogP contribution in [-0.2, 0) is 6.42 Å². The van der Waals surface area contributed by atoms with Crippen LogP contribution in [0.4, 0.5) is 0 Å². The highest BCUT2D eigenvalue weighted by atomic mass is 127. The van der Waals surface area contributed by atoms with Crippen molar-refractivity contribution in [3.05, 3.63) is 29.8 Å². The van der Waals surface area contributed by atoms with Gasteiger partial charge in [-0.2, -0.15) is 0 Å². The summed E-state index contributed by atoms with van der Waals surface area (Å²) < 4.78 is 6.48. The third kappa shape index (κ3) is 1.68. The third-order valence-electron chi connectivity index (χ3n) is 2.50. The molecule has 1 aromatic carbocycles. The number of hydrogen-bond acceptors (Lipinski definition) is 1. The van der Waals surface area contributed by atoms with Crippen molar-refractivity contribution in [2.45, 2.75) is 29.8 Å². The molecule has 0 amide bonds. The number of benzene rings is 1. The molecule has 13 heavy (non-hydrogen) atoms. The van der Waals surface area contributed by atoms with E-state index >= 15 is 0 Å². The molecule has 2 rings (SSSR count). The average molecular weight is 288 g/mol. The monoisotopic (exact) mass is 288 g/mol. The van der Waals surface area contributed by atoms with Gasteiger partial charge < -0.3 is 4.74 Å². The predicted octanol–water partition coefficient (Wildman–Crippen LogP) is 3.20. The first-order valence-electron chi connectivity index (χ1n) is 4.50. The van der Waals surface area contributed by atoms with Crippen LogP contribution in [0.1, 0.15) is 19.4 Å². The van der Waals surface area contributed by atoms with Gasteiger partial charge in [0.15, 0.2) is 0 Å². The van der Waals surface area contributed by atoms with Crippen molar-refractivity contribution in [2.75, 3.05) is 0 Å². The van der Waals surface area contributed by atoms with E-state index in [0.29, 0.717) is 3.92 Å². The Morgan fingerprint density at radius 1 is 1.38 bits per heavy atom. The molecule has 1 heterocycles. The average Bonchev–Trinajstić information content (AvgIpc) is 2.06. The highest BCUT2D eigenvalue weighted by molar-refractivity contribution is 14.1. The Kier molecular flexibility index (Phi) is 2.26. The van der Waals surface area contributed by atoms with Crippen molar-refractivity contribution in [3.63, 3.8) is 0 Å². The zero-order valence-electron chi connectivity index (χ0n) is 7.88. The van der Waals surface area contributed by atoms with E-state index in [9.17, 15) is 0 Å². The van der Waals surface area contributed by atoms with Crippen LogP contribution >= 0.6 is 22.6 Å². The molecule has 2 heteroatoms. The van der Waals surface area contributed by atoms with E-state index < -0.39 is 0 Å². The summed E-state index contributed by atoms with van der Waals surface area (Å²) in [5, 5.41) is 0. The second-order valence-electron chi connectivity index (χ2n) is 3.98. The maximum Gasteiger partial charge on any atom is 0.123 e. The maximum atomic E-state index is 5.92. The Morgan fingerprint density at radius 2 is 2.08 bits per heavy atom. The largest absolute Gasteiger partial charge is 0.486 e. The molecule has 0 N–H and O–H groups in total. The summed E-state index contributed by atoms with van der Waals surface area (Å²) in [5.74, 6) is 1.06. The molecule has 1 aromatic rings. The van der Waals surface area contributed by atoms with E-state index in [1.807, 2.05) is 6.07 Å². The van der Waals surface area contributed by atoms with Gasteiger partial charge in [0.25, 0.3) is 0 Å². The smallest absolute Gasteiger partial charge is 0.123 e. The van der Waals surface area contributed by atoms with E-state index in [1.54, 1.807) is 0 Å². The second-order valence-corrected chi connectivity index (χ2v) is 5.49. The van der Waals surface area contributed by atoms with Gasteiger partial charge >= 0.3 is 0 Å². The molecule has 0 aromatic heterocycles. The fourth-order valence-electron chi connectivity index (χ4n) is 1.56. The van der Waals surface area contributed by atoms with Gasteiger partial charge in [-0.05, 0) is 31.9 Å². The Hall–Kier alpha value is -0.250. The lowest BCUT2D eigenvalue weighted by Crippen LogP contribution is -2.42. The molecule has 0 bridgehead atoms. The van der Waals surface area contributed by atoms with E-state index in [-0.39, 0.29) is 5.60 Å². The zero-order valence-corrected chi connectivity index (χ0v) is 10.0. The Bertz CT molecular complexity index is 320. The number of rotatable bonds is 0. The second kappa shape index (κ2) is 3.15. The minimum absolute atomic E-state index is 0.0328. The number of ether oxygens (including phenoxy) is 1. The Labute approximate surface area is 92.6 Å². The van der Waals surface area contributed by atoms with Crippen molar-refractivity contribution >= 4 is 22.6 Å². The number of halogens is 1. The van der Waals surface area contributed by atoms with Gasteiger partial charge in [-0.1, -0.05) is 40.8 Å². The number of fused-ring (bicyclic) bond motifs is 1. The van der Waals surface area contributed by atoms with Crippen LogP contribution in [-0.4, -0.2) is 9.53 Å². The Morgan fingerprint density at radius 3 is 2.85 bits per heavy atom. The fourth-order valence-corrected chi connectivity index (χ4v) is 2.16. The molecule has 1 atom stereocenters. The lowest BCUT2D eigenvalue weighted by atomic mass is 9.94. The van der Waals surface area contributed by atoms with E-state index in [1.165, 1.54) is 5.56 Å². The molecule has 0 spiro atoms. The van der Waals surface area contributed by atoms with Gasteiger partial charge in [0.2, 0.25) is 0 Å². The topological polar surface area (TPSA) is 9.23 Å². The molecular formula is C11H13IO. The van der Waals surface area contributed by atoms with Crippen molar-refractivity contribution in [3.8, 4) is 5.75 Å². The molecule has 1 aliphatic rings. The minimum Gasteiger partial charge on any atom is -0.486 e. The highest BCUT2D eigenvalue weighted by Crippen LogP contribution is 2.36. The van der Waals surface area contributed by atoms with Crippen LogP contribution in [0.2, 0.25) is 0 Å². The number of hydrogen-bond donors (Lipinski definition) is 0. The van der Waals surface area contributed by atoms with Crippen LogP contribution < -0.4 is 4.74 Å². The lowest BCUT2D eigenvalue weighted by Gasteiger charge is -2.37. The van der Waals surface area contributed by atoms with Crippen LogP contribution in [0.25, 0.3) is 0 Å². The summed E-state index contributed by atoms with van der Waals surface area (Å²) in [7, 11) is 0. The molecule has 1 unspecified atom stereocenters. The van der Waals surface area contributed by atoms with Crippen LogP contribution in [0.15, 0.2) is 24.3 Å². The molecule has 0 fully saturated rings. The molecule has 70 valence electrons. The van der Waals surface area contributed by atoms with Gasteiger partial charge in [-0.3, -0.25) is 0 Å². The molecule has 1 nitrogen and oxygen atoms in total. The van der Waals surface area contributed by atoms with E-state index in [2.05, 4.69) is 54.6 Å². The van der Waals surface area contributed by atoms with Gasteiger partial charge in [0, 0.05) is 0 Å². The lowest BCUT2D eigenvalue weighted by molar-refractivity contribution is 0.0965. The number of alkyl halides is 1. The summed E-state index contributed by atoms with van der Waals surface area (Å²) in [6.07, 6.45) is 1.11. The number of para-hydroxylation sites is 1. The fraction of sp³-hybridized carbons (Fsp3) is 0.455. The quantitative estimate of drug-likeness (QED) is 0.526. The van der Waals surface area contributed by atoms with E-state index in [4.69, 9.17) is 4.74 Å². The minimum atomic E-state index is -0.0328. The van der Waals surface area contributed by atoms with Crippen molar-refractivity contribution in [2.24, 2.45) is 0 Å². The molecular weight excluding hydrogens is 275 g/mol. The van der Waals surface area contributed by atoms with Crippen molar-refractivity contribution in [1.29, 1.82) is 0 Å². The molecule has 0 saturated heterocycles. The maximum absolute atomic E-state index is 5.92. The zero-order chi connectivity index (χ0) is 9.47. The summed E-state index contributed by atoms with van der Waals surface area (Å²) in [5.41, 5.74) is 1.30. The van der Waals surface area contributed by atoms with Gasteiger partial charge in [-0.25, -0.2) is 0 Å². The molecule has 1 aliphatic heterocycles. The first-order chi connectivity index (χ1) is 6.09. The third-order valence-corrected chi connectivity index (χ3v) is 4.44. The van der Waals surface area contributed by atoms with Gasteiger partial charge in [0.05, 0.1) is 3.92 Å². The molecule has 0 radical (unpaired) electrons.